The molecule has 1 aromatic heterocycles. The topological polar surface area (TPSA) is 4.93 Å². The summed E-state index contributed by atoms with van der Waals surface area (Å²) in [5.41, 5.74) is 4.01. The number of nitrogens with zero attached hydrogens (tertiary/aromatic N) is 1. The molecule has 0 aliphatic rings. The van der Waals surface area contributed by atoms with Gasteiger partial charge in [0.2, 0.25) is 0 Å². The minimum absolute atomic E-state index is 1.01. The highest BCUT2D eigenvalue weighted by atomic mass is 79.9. The summed E-state index contributed by atoms with van der Waals surface area (Å²) in [6, 6.07) is 8.88. The molecule has 0 atom stereocenters. The molecule has 0 unspecified atom stereocenters. The summed E-state index contributed by atoms with van der Waals surface area (Å²) < 4.78 is 2.35. The average molecular weight is 252 g/mol. The molecule has 1 heterocycles. The molecule has 74 valence electrons. The molecular formula is C12H14BrN. The summed E-state index contributed by atoms with van der Waals surface area (Å²) in [6.07, 6.45) is 0. The van der Waals surface area contributed by atoms with Crippen molar-refractivity contribution in [3.05, 3.63) is 35.5 Å². The lowest BCUT2D eigenvalue weighted by Crippen LogP contribution is -2.00. The summed E-state index contributed by atoms with van der Waals surface area (Å²) in [4.78, 5) is 0. The quantitative estimate of drug-likeness (QED) is 0.719. The molecule has 0 bridgehead atoms. The van der Waals surface area contributed by atoms with E-state index >= 15 is 0 Å². The van der Waals surface area contributed by atoms with Crippen LogP contribution in [0.15, 0.2) is 24.3 Å². The van der Waals surface area contributed by atoms with Gasteiger partial charge in [0, 0.05) is 28.5 Å². The van der Waals surface area contributed by atoms with Gasteiger partial charge in [0.1, 0.15) is 0 Å². The molecule has 0 aliphatic carbocycles. The van der Waals surface area contributed by atoms with Gasteiger partial charge in [-0.05, 0) is 32.0 Å². The van der Waals surface area contributed by atoms with E-state index in [1.807, 2.05) is 0 Å². The lowest BCUT2D eigenvalue weighted by atomic mass is 10.2. The van der Waals surface area contributed by atoms with Crippen LogP contribution in [0.4, 0.5) is 0 Å². The maximum Gasteiger partial charge on any atom is 0.0482 e. The number of halogens is 1. The second-order valence-corrected chi connectivity index (χ2v) is 4.48. The molecule has 1 aromatic carbocycles. The predicted molar refractivity (Wildman–Crippen MR) is 65.2 cm³/mol. The Morgan fingerprint density at radius 1 is 1.21 bits per heavy atom. The zero-order valence-electron chi connectivity index (χ0n) is 8.55. The molecule has 14 heavy (non-hydrogen) atoms. The second kappa shape index (κ2) is 3.77. The van der Waals surface area contributed by atoms with Gasteiger partial charge in [-0.15, -0.1) is 0 Å². The van der Waals surface area contributed by atoms with Crippen molar-refractivity contribution in [2.24, 2.45) is 0 Å². The van der Waals surface area contributed by atoms with Crippen molar-refractivity contribution in [2.75, 3.05) is 5.33 Å². The summed E-state index contributed by atoms with van der Waals surface area (Å²) in [6.45, 7) is 5.34. The third-order valence-electron chi connectivity index (χ3n) is 2.57. The zero-order valence-corrected chi connectivity index (χ0v) is 10.1. The molecule has 0 saturated heterocycles. The molecule has 0 radical (unpaired) electrons. The predicted octanol–water partition coefficient (Wildman–Crippen LogP) is 3.65. The van der Waals surface area contributed by atoms with Crippen molar-refractivity contribution >= 4 is 26.8 Å². The van der Waals surface area contributed by atoms with Crippen LogP contribution in [0.2, 0.25) is 0 Å². The summed E-state index contributed by atoms with van der Waals surface area (Å²) >= 11 is 3.48. The zero-order chi connectivity index (χ0) is 10.1. The number of hydrogen-bond donors (Lipinski definition) is 0. The summed E-state index contributed by atoms with van der Waals surface area (Å²) in [5.74, 6) is 0. The lowest BCUT2D eigenvalue weighted by molar-refractivity contribution is 0.782. The monoisotopic (exact) mass is 251 g/mol. The molecule has 0 aliphatic heterocycles. The molecule has 0 fully saturated rings. The van der Waals surface area contributed by atoms with Crippen LogP contribution in [0.3, 0.4) is 0 Å². The Morgan fingerprint density at radius 3 is 2.71 bits per heavy atom. The maximum absolute atomic E-state index is 3.48. The number of benzene rings is 1. The molecule has 2 heteroatoms. The van der Waals surface area contributed by atoms with Gasteiger partial charge in [-0.2, -0.15) is 0 Å². The third kappa shape index (κ3) is 1.59. The SMILES string of the molecule is Cc1ccc2c(c1)cc(C)n2CCBr. The van der Waals surface area contributed by atoms with E-state index in [1.54, 1.807) is 0 Å². The van der Waals surface area contributed by atoms with E-state index < -0.39 is 0 Å². The lowest BCUT2D eigenvalue weighted by Gasteiger charge is -2.05. The Labute approximate surface area is 92.9 Å². The number of fused-ring (bicyclic) bond motifs is 1. The van der Waals surface area contributed by atoms with Crippen molar-refractivity contribution in [1.29, 1.82) is 0 Å². The van der Waals surface area contributed by atoms with Gasteiger partial charge in [-0.1, -0.05) is 27.6 Å². The van der Waals surface area contributed by atoms with Crippen LogP contribution < -0.4 is 0 Å². The molecule has 0 N–H and O–H groups in total. The Morgan fingerprint density at radius 2 is 2.00 bits per heavy atom. The number of alkyl halides is 1. The smallest absolute Gasteiger partial charge is 0.0482 e. The molecule has 0 saturated carbocycles. The van der Waals surface area contributed by atoms with Gasteiger partial charge >= 0.3 is 0 Å². The van der Waals surface area contributed by atoms with Gasteiger partial charge in [-0.3, -0.25) is 0 Å². The fourth-order valence-electron chi connectivity index (χ4n) is 1.91. The van der Waals surface area contributed by atoms with Crippen LogP contribution in [0.1, 0.15) is 11.3 Å². The first-order chi connectivity index (χ1) is 6.72. The highest BCUT2D eigenvalue weighted by Crippen LogP contribution is 2.20. The minimum atomic E-state index is 1.01. The van der Waals surface area contributed by atoms with E-state index in [2.05, 4.69) is 58.6 Å². The van der Waals surface area contributed by atoms with E-state index in [1.165, 1.54) is 22.2 Å². The molecule has 0 amide bonds. The molecular weight excluding hydrogens is 238 g/mol. The largest absolute Gasteiger partial charge is 0.344 e. The van der Waals surface area contributed by atoms with Crippen LogP contribution in [-0.2, 0) is 6.54 Å². The average Bonchev–Trinajstić information content (AvgIpc) is 2.43. The van der Waals surface area contributed by atoms with Gasteiger partial charge < -0.3 is 4.57 Å². The number of aryl methyl sites for hydroxylation is 3. The first kappa shape index (κ1) is 9.78. The van der Waals surface area contributed by atoms with E-state index in [4.69, 9.17) is 0 Å². The fourth-order valence-corrected chi connectivity index (χ4v) is 2.26. The van der Waals surface area contributed by atoms with Crippen LogP contribution >= 0.6 is 15.9 Å². The van der Waals surface area contributed by atoms with Crippen molar-refractivity contribution in [3.8, 4) is 0 Å². The molecule has 2 aromatic rings. The van der Waals surface area contributed by atoms with E-state index in [-0.39, 0.29) is 0 Å². The van der Waals surface area contributed by atoms with Crippen molar-refractivity contribution in [2.45, 2.75) is 20.4 Å². The van der Waals surface area contributed by atoms with Gasteiger partial charge in [0.25, 0.3) is 0 Å². The maximum atomic E-state index is 3.48. The number of hydrogen-bond acceptors (Lipinski definition) is 0. The van der Waals surface area contributed by atoms with Crippen LogP contribution in [0, 0.1) is 13.8 Å². The Bertz CT molecular complexity index is 457. The first-order valence-corrected chi connectivity index (χ1v) is 5.97. The van der Waals surface area contributed by atoms with E-state index in [9.17, 15) is 0 Å². The Kier molecular flexibility index (Phi) is 2.64. The first-order valence-electron chi connectivity index (χ1n) is 4.85. The number of aromatic nitrogens is 1. The van der Waals surface area contributed by atoms with E-state index in [0.29, 0.717) is 0 Å². The van der Waals surface area contributed by atoms with Crippen molar-refractivity contribution < 1.29 is 0 Å². The highest BCUT2D eigenvalue weighted by Gasteiger charge is 2.04. The minimum Gasteiger partial charge on any atom is -0.344 e. The highest BCUT2D eigenvalue weighted by molar-refractivity contribution is 9.09. The van der Waals surface area contributed by atoms with Crippen LogP contribution in [0.25, 0.3) is 10.9 Å². The number of rotatable bonds is 2. The normalized spacial score (nSPS) is 11.1. The fraction of sp³-hybridized carbons (Fsp3) is 0.333. The standard InChI is InChI=1S/C12H14BrN/c1-9-3-4-12-11(7-9)8-10(2)14(12)6-5-13/h3-4,7-8H,5-6H2,1-2H3. The van der Waals surface area contributed by atoms with Crippen molar-refractivity contribution in [1.82, 2.24) is 4.57 Å². The van der Waals surface area contributed by atoms with Gasteiger partial charge in [0.15, 0.2) is 0 Å². The second-order valence-electron chi connectivity index (χ2n) is 3.69. The molecule has 1 nitrogen and oxygen atoms in total. The Balaban J connectivity index is 2.64. The van der Waals surface area contributed by atoms with Gasteiger partial charge in [-0.25, -0.2) is 0 Å². The summed E-state index contributed by atoms with van der Waals surface area (Å²) in [5, 5.41) is 2.36. The van der Waals surface area contributed by atoms with E-state index in [0.717, 1.165) is 11.9 Å². The van der Waals surface area contributed by atoms with Crippen LogP contribution in [-0.4, -0.2) is 9.90 Å². The van der Waals surface area contributed by atoms with Crippen LogP contribution in [0.5, 0.6) is 0 Å². The van der Waals surface area contributed by atoms with Gasteiger partial charge in [0.05, 0.1) is 0 Å². The molecule has 2 rings (SSSR count). The third-order valence-corrected chi connectivity index (χ3v) is 2.93. The molecule has 0 spiro atoms. The Hall–Kier alpha value is -0.760. The van der Waals surface area contributed by atoms with Crippen molar-refractivity contribution in [3.63, 3.8) is 0 Å². The summed E-state index contributed by atoms with van der Waals surface area (Å²) in [7, 11) is 0.